The summed E-state index contributed by atoms with van der Waals surface area (Å²) in [6.45, 7) is 4.92. The zero-order valence-electron chi connectivity index (χ0n) is 14.6. The Kier molecular flexibility index (Phi) is 5.22. The molecule has 2 aromatic carbocycles. The van der Waals surface area contributed by atoms with E-state index in [4.69, 9.17) is 4.74 Å². The van der Waals surface area contributed by atoms with Gasteiger partial charge in [0.05, 0.1) is 18.0 Å². The zero-order valence-corrected chi connectivity index (χ0v) is 15.4. The lowest BCUT2D eigenvalue weighted by molar-refractivity contribution is 0.340. The van der Waals surface area contributed by atoms with Crippen molar-refractivity contribution in [3.8, 4) is 5.75 Å². The van der Waals surface area contributed by atoms with E-state index in [1.165, 1.54) is 18.5 Å². The van der Waals surface area contributed by atoms with Crippen LogP contribution >= 0.6 is 0 Å². The number of rotatable bonds is 7. The van der Waals surface area contributed by atoms with Crippen molar-refractivity contribution in [2.24, 2.45) is 0 Å². The molecule has 136 valence electrons. The molecule has 0 atom stereocenters. The summed E-state index contributed by atoms with van der Waals surface area (Å²) in [4.78, 5) is 4.16. The third-order valence-electron chi connectivity index (χ3n) is 3.80. The Morgan fingerprint density at radius 3 is 2.54 bits per heavy atom. The fourth-order valence-electron chi connectivity index (χ4n) is 2.44. The van der Waals surface area contributed by atoms with Gasteiger partial charge in [-0.2, -0.15) is 4.98 Å². The lowest BCUT2D eigenvalue weighted by Gasteiger charge is -2.07. The van der Waals surface area contributed by atoms with E-state index in [2.05, 4.69) is 14.8 Å². The van der Waals surface area contributed by atoms with Crippen molar-refractivity contribution in [3.05, 3.63) is 66.0 Å². The lowest BCUT2D eigenvalue weighted by atomic mass is 10.1. The molecule has 0 fully saturated rings. The molecule has 0 spiro atoms. The molecule has 0 radical (unpaired) electrons. The number of sulfonamides is 1. The summed E-state index contributed by atoms with van der Waals surface area (Å²) >= 11 is 0. The predicted molar refractivity (Wildman–Crippen MR) is 98.7 cm³/mol. The average molecular weight is 372 g/mol. The van der Waals surface area contributed by atoms with Crippen molar-refractivity contribution >= 4 is 16.0 Å². The second kappa shape index (κ2) is 7.57. The number of nitrogens with zero attached hydrogens (tertiary/aromatic N) is 3. The number of anilines is 1. The Morgan fingerprint density at radius 2 is 1.85 bits per heavy atom. The van der Waals surface area contributed by atoms with Crippen molar-refractivity contribution in [2.75, 3.05) is 11.3 Å². The van der Waals surface area contributed by atoms with E-state index in [0.29, 0.717) is 18.9 Å². The molecule has 1 N–H and O–H groups in total. The van der Waals surface area contributed by atoms with E-state index in [9.17, 15) is 8.42 Å². The largest absolute Gasteiger partial charge is 0.494 e. The maximum absolute atomic E-state index is 12.5. The van der Waals surface area contributed by atoms with Crippen LogP contribution in [0.2, 0.25) is 0 Å². The van der Waals surface area contributed by atoms with Crippen molar-refractivity contribution in [1.29, 1.82) is 0 Å². The van der Waals surface area contributed by atoms with Crippen LogP contribution in [0.15, 0.2) is 59.8 Å². The van der Waals surface area contributed by atoms with E-state index >= 15 is 0 Å². The molecule has 3 aromatic rings. The van der Waals surface area contributed by atoms with Gasteiger partial charge in [-0.3, -0.25) is 0 Å². The monoisotopic (exact) mass is 372 g/mol. The van der Waals surface area contributed by atoms with Crippen LogP contribution in [-0.2, 0) is 16.6 Å². The summed E-state index contributed by atoms with van der Waals surface area (Å²) < 4.78 is 34.2. The molecule has 0 saturated heterocycles. The summed E-state index contributed by atoms with van der Waals surface area (Å²) in [6.07, 6.45) is 1.50. The maximum Gasteiger partial charge on any atom is 0.264 e. The molecule has 1 aromatic heterocycles. The van der Waals surface area contributed by atoms with Gasteiger partial charge in [-0.05, 0) is 49.2 Å². The molecule has 0 aliphatic rings. The van der Waals surface area contributed by atoms with Crippen molar-refractivity contribution in [2.45, 2.75) is 25.3 Å². The summed E-state index contributed by atoms with van der Waals surface area (Å²) in [7, 11) is -3.76. The van der Waals surface area contributed by atoms with Gasteiger partial charge in [0.15, 0.2) is 0 Å². The maximum atomic E-state index is 12.5. The molecule has 0 aliphatic carbocycles. The SMILES string of the molecule is CCOc1ccc(S(=O)(=O)Nc2ncn(Cc3ccccc3C)n2)cc1. The van der Waals surface area contributed by atoms with Gasteiger partial charge in [0.25, 0.3) is 16.0 Å². The van der Waals surface area contributed by atoms with E-state index in [0.717, 1.165) is 11.1 Å². The smallest absolute Gasteiger partial charge is 0.264 e. The molecule has 0 aliphatic heterocycles. The van der Waals surface area contributed by atoms with Gasteiger partial charge < -0.3 is 4.74 Å². The molecule has 26 heavy (non-hydrogen) atoms. The van der Waals surface area contributed by atoms with Gasteiger partial charge >= 0.3 is 0 Å². The summed E-state index contributed by atoms with van der Waals surface area (Å²) in [5.74, 6) is 0.652. The highest BCUT2D eigenvalue weighted by molar-refractivity contribution is 7.92. The van der Waals surface area contributed by atoms with Crippen LogP contribution in [0, 0.1) is 6.92 Å². The lowest BCUT2D eigenvalue weighted by Crippen LogP contribution is -2.14. The van der Waals surface area contributed by atoms with Crippen LogP contribution in [0.1, 0.15) is 18.1 Å². The van der Waals surface area contributed by atoms with Crippen LogP contribution < -0.4 is 9.46 Å². The average Bonchev–Trinajstić information content (AvgIpc) is 3.04. The molecule has 1 heterocycles. The second-order valence-corrected chi connectivity index (χ2v) is 7.38. The normalized spacial score (nSPS) is 11.3. The van der Waals surface area contributed by atoms with Gasteiger partial charge in [0, 0.05) is 0 Å². The van der Waals surface area contributed by atoms with Gasteiger partial charge in [-0.25, -0.2) is 17.8 Å². The number of aromatic nitrogens is 3. The standard InChI is InChI=1S/C18H20N4O3S/c1-3-25-16-8-10-17(11-9-16)26(23,24)21-18-19-13-22(20-18)12-15-7-5-4-6-14(15)2/h4-11,13H,3,12H2,1-2H3,(H,20,21). The number of hydrogen-bond donors (Lipinski definition) is 1. The minimum Gasteiger partial charge on any atom is -0.494 e. The van der Waals surface area contributed by atoms with Crippen molar-refractivity contribution < 1.29 is 13.2 Å². The third-order valence-corrected chi connectivity index (χ3v) is 5.14. The predicted octanol–water partition coefficient (Wildman–Crippen LogP) is 2.83. The molecule has 0 bridgehead atoms. The first-order valence-corrected chi connectivity index (χ1v) is 9.66. The van der Waals surface area contributed by atoms with Gasteiger partial charge in [-0.15, -0.1) is 5.10 Å². The molecular weight excluding hydrogens is 352 g/mol. The Labute approximate surface area is 152 Å². The van der Waals surface area contributed by atoms with E-state index in [1.54, 1.807) is 16.8 Å². The second-order valence-electron chi connectivity index (χ2n) is 5.70. The van der Waals surface area contributed by atoms with E-state index in [-0.39, 0.29) is 10.8 Å². The first-order valence-electron chi connectivity index (χ1n) is 8.17. The number of aryl methyl sites for hydroxylation is 1. The zero-order chi connectivity index (χ0) is 18.6. The number of hydrogen-bond acceptors (Lipinski definition) is 5. The summed E-state index contributed by atoms with van der Waals surface area (Å²) in [6, 6.07) is 14.1. The van der Waals surface area contributed by atoms with Crippen molar-refractivity contribution in [3.63, 3.8) is 0 Å². The van der Waals surface area contributed by atoms with Crippen LogP contribution in [0.5, 0.6) is 5.75 Å². The van der Waals surface area contributed by atoms with Crippen LogP contribution in [-0.4, -0.2) is 29.8 Å². The van der Waals surface area contributed by atoms with E-state index < -0.39 is 10.0 Å². The van der Waals surface area contributed by atoms with Gasteiger partial charge in [0.2, 0.25) is 0 Å². The van der Waals surface area contributed by atoms with E-state index in [1.807, 2.05) is 38.1 Å². The first-order chi connectivity index (χ1) is 12.5. The molecule has 0 unspecified atom stereocenters. The molecule has 8 heteroatoms. The highest BCUT2D eigenvalue weighted by atomic mass is 32.2. The number of benzene rings is 2. The van der Waals surface area contributed by atoms with Crippen LogP contribution in [0.4, 0.5) is 5.95 Å². The minimum atomic E-state index is -3.76. The fraction of sp³-hybridized carbons (Fsp3) is 0.222. The van der Waals surface area contributed by atoms with Gasteiger partial charge in [-0.1, -0.05) is 24.3 Å². The summed E-state index contributed by atoms with van der Waals surface area (Å²) in [5.41, 5.74) is 2.23. The quantitative estimate of drug-likeness (QED) is 0.689. The number of ether oxygens (including phenoxy) is 1. The highest BCUT2D eigenvalue weighted by Crippen LogP contribution is 2.18. The summed E-state index contributed by atoms with van der Waals surface area (Å²) in [5, 5.41) is 4.19. The van der Waals surface area contributed by atoms with Gasteiger partial charge in [0.1, 0.15) is 12.1 Å². The molecule has 7 nitrogen and oxygen atoms in total. The molecule has 0 saturated carbocycles. The minimum absolute atomic E-state index is 0.0347. The fourth-order valence-corrected chi connectivity index (χ4v) is 3.39. The topological polar surface area (TPSA) is 86.1 Å². The highest BCUT2D eigenvalue weighted by Gasteiger charge is 2.16. The molecule has 0 amide bonds. The molecule has 3 rings (SSSR count). The Hall–Kier alpha value is -2.87. The first kappa shape index (κ1) is 17.9. The third kappa shape index (κ3) is 4.20. The Balaban J connectivity index is 1.72. The number of nitrogens with one attached hydrogen (secondary N) is 1. The van der Waals surface area contributed by atoms with Crippen LogP contribution in [0.3, 0.4) is 0 Å². The Bertz CT molecular complexity index is 982. The van der Waals surface area contributed by atoms with Crippen LogP contribution in [0.25, 0.3) is 0 Å². The molecular formula is C18H20N4O3S. The van der Waals surface area contributed by atoms with Crippen molar-refractivity contribution in [1.82, 2.24) is 14.8 Å². The Morgan fingerprint density at radius 1 is 1.12 bits per heavy atom.